The molecule has 9 nitrogen and oxygen atoms in total. The Hall–Kier alpha value is -3.38. The molecular formula is C22H22F2N4O5S. The van der Waals surface area contributed by atoms with Gasteiger partial charge in [0.05, 0.1) is 0 Å². The largest absolute Gasteiger partial charge is 0.338 e. The van der Waals surface area contributed by atoms with Crippen LogP contribution >= 0.6 is 0 Å². The van der Waals surface area contributed by atoms with Gasteiger partial charge in [-0.2, -0.15) is 4.31 Å². The summed E-state index contributed by atoms with van der Waals surface area (Å²) in [4.78, 5) is 39.9. The molecule has 0 spiro atoms. The molecule has 4 rings (SSSR count). The summed E-state index contributed by atoms with van der Waals surface area (Å²) in [5, 5.41) is 2.55. The number of imide groups is 1. The van der Waals surface area contributed by atoms with Gasteiger partial charge >= 0.3 is 6.03 Å². The molecule has 0 saturated carbocycles. The van der Waals surface area contributed by atoms with Crippen LogP contribution in [0.4, 0.5) is 13.6 Å². The van der Waals surface area contributed by atoms with Crippen LogP contribution in [0.5, 0.6) is 0 Å². The van der Waals surface area contributed by atoms with E-state index in [2.05, 4.69) is 5.32 Å². The fourth-order valence-electron chi connectivity index (χ4n) is 4.03. The third-order valence-corrected chi connectivity index (χ3v) is 7.97. The van der Waals surface area contributed by atoms with Crippen LogP contribution in [0, 0.1) is 11.6 Å². The number of rotatable bonds is 5. The summed E-state index contributed by atoms with van der Waals surface area (Å²) in [5.41, 5.74) is -1.08. The number of urea groups is 1. The monoisotopic (exact) mass is 492 g/mol. The quantitative estimate of drug-likeness (QED) is 0.633. The van der Waals surface area contributed by atoms with E-state index in [9.17, 15) is 31.6 Å². The number of carbonyl (C=O) groups excluding carboxylic acids is 3. The van der Waals surface area contributed by atoms with Gasteiger partial charge in [-0.3, -0.25) is 14.5 Å². The molecule has 1 unspecified atom stereocenters. The first-order valence-electron chi connectivity index (χ1n) is 10.5. The van der Waals surface area contributed by atoms with Crippen molar-refractivity contribution < 1.29 is 31.6 Å². The zero-order chi connectivity index (χ0) is 24.7. The molecule has 2 aliphatic heterocycles. The van der Waals surface area contributed by atoms with Crippen LogP contribution in [0.15, 0.2) is 53.4 Å². The minimum atomic E-state index is -4.07. The van der Waals surface area contributed by atoms with Gasteiger partial charge in [0.2, 0.25) is 15.9 Å². The van der Waals surface area contributed by atoms with Crippen molar-refractivity contribution in [2.45, 2.75) is 17.4 Å². The molecule has 2 saturated heterocycles. The molecule has 12 heteroatoms. The highest BCUT2D eigenvalue weighted by molar-refractivity contribution is 7.89. The minimum absolute atomic E-state index is 0.0192. The zero-order valence-corrected chi connectivity index (χ0v) is 19.0. The van der Waals surface area contributed by atoms with Crippen LogP contribution in [0.25, 0.3) is 0 Å². The Bertz CT molecular complexity index is 1250. The highest BCUT2D eigenvalue weighted by Crippen LogP contribution is 2.29. The second kappa shape index (κ2) is 8.76. The van der Waals surface area contributed by atoms with Gasteiger partial charge in [0.15, 0.2) is 0 Å². The number of piperazine rings is 1. The molecule has 4 amide bonds. The first kappa shape index (κ1) is 23.8. The number of amides is 4. The van der Waals surface area contributed by atoms with E-state index >= 15 is 0 Å². The van der Waals surface area contributed by atoms with Crippen LogP contribution in [0.2, 0.25) is 0 Å². The van der Waals surface area contributed by atoms with E-state index in [1.807, 2.05) is 0 Å². The van der Waals surface area contributed by atoms with Crippen molar-refractivity contribution in [1.29, 1.82) is 0 Å². The molecule has 2 aromatic rings. The second-order valence-electron chi connectivity index (χ2n) is 8.17. The maximum atomic E-state index is 14.0. The molecular weight excluding hydrogens is 470 g/mol. The lowest BCUT2D eigenvalue weighted by molar-refractivity contribution is -0.139. The summed E-state index contributed by atoms with van der Waals surface area (Å²) in [6, 6.07) is 9.40. The normalized spacial score (nSPS) is 21.6. The number of carbonyl (C=O) groups is 3. The molecule has 180 valence electrons. The molecule has 0 aromatic heterocycles. The summed E-state index contributed by atoms with van der Waals surface area (Å²) in [7, 11) is -4.07. The number of hydrogen-bond acceptors (Lipinski definition) is 5. The Morgan fingerprint density at radius 3 is 2.24 bits per heavy atom. The average molecular weight is 493 g/mol. The van der Waals surface area contributed by atoms with Gasteiger partial charge in [-0.1, -0.05) is 24.3 Å². The van der Waals surface area contributed by atoms with Gasteiger partial charge < -0.3 is 10.2 Å². The van der Waals surface area contributed by atoms with E-state index in [1.54, 1.807) is 0 Å². The Morgan fingerprint density at radius 2 is 1.62 bits per heavy atom. The average Bonchev–Trinajstić information content (AvgIpc) is 3.03. The smallest absolute Gasteiger partial charge is 0.325 e. The molecule has 2 fully saturated rings. The van der Waals surface area contributed by atoms with E-state index in [-0.39, 0.29) is 26.2 Å². The number of sulfonamides is 1. The number of nitrogens with zero attached hydrogens (tertiary/aromatic N) is 3. The van der Waals surface area contributed by atoms with Crippen molar-refractivity contribution in [3.8, 4) is 0 Å². The van der Waals surface area contributed by atoms with Crippen LogP contribution in [0.3, 0.4) is 0 Å². The zero-order valence-electron chi connectivity index (χ0n) is 18.2. The third kappa shape index (κ3) is 4.14. The van der Waals surface area contributed by atoms with Gasteiger partial charge in [-0.15, -0.1) is 0 Å². The maximum absolute atomic E-state index is 14.0. The second-order valence-corrected chi connectivity index (χ2v) is 10.1. The Labute approximate surface area is 195 Å². The third-order valence-electron chi connectivity index (χ3n) is 6.04. The van der Waals surface area contributed by atoms with E-state index < -0.39 is 56.5 Å². The van der Waals surface area contributed by atoms with Crippen LogP contribution in [0.1, 0.15) is 12.5 Å². The van der Waals surface area contributed by atoms with Gasteiger partial charge in [0.25, 0.3) is 5.91 Å². The maximum Gasteiger partial charge on any atom is 0.325 e. The summed E-state index contributed by atoms with van der Waals surface area (Å²) in [6.45, 7) is 0.862. The van der Waals surface area contributed by atoms with Gasteiger partial charge in [-0.25, -0.2) is 22.0 Å². The standard InChI is InChI=1S/C22H22F2N4O5S/c1-22(15-6-8-16(23)9-7-15)20(30)28(21(31)25-22)14-19(29)26-10-12-27(13-11-26)34(32,33)18-5-3-2-4-17(18)24/h2-9H,10-14H2,1H3,(H,25,31). The number of benzene rings is 2. The van der Waals surface area contributed by atoms with Crippen LogP contribution in [-0.4, -0.2) is 73.1 Å². The minimum Gasteiger partial charge on any atom is -0.338 e. The molecule has 34 heavy (non-hydrogen) atoms. The van der Waals surface area contributed by atoms with E-state index in [1.165, 1.54) is 54.3 Å². The molecule has 1 N–H and O–H groups in total. The van der Waals surface area contributed by atoms with Crippen LogP contribution in [-0.2, 0) is 25.2 Å². The molecule has 2 aromatic carbocycles. The van der Waals surface area contributed by atoms with Gasteiger partial charge in [-0.05, 0) is 36.8 Å². The lowest BCUT2D eigenvalue weighted by Crippen LogP contribution is -2.53. The SMILES string of the molecule is CC1(c2ccc(F)cc2)NC(=O)N(CC(=O)N2CCN(S(=O)(=O)c3ccccc3F)CC2)C1=O. The Balaban J connectivity index is 1.40. The highest BCUT2D eigenvalue weighted by atomic mass is 32.2. The van der Waals surface area contributed by atoms with Crippen molar-refractivity contribution in [2.24, 2.45) is 0 Å². The predicted octanol–water partition coefficient (Wildman–Crippen LogP) is 1.26. The molecule has 0 radical (unpaired) electrons. The number of nitrogens with one attached hydrogen (secondary N) is 1. The van der Waals surface area contributed by atoms with Crippen molar-refractivity contribution >= 4 is 27.9 Å². The lowest BCUT2D eigenvalue weighted by atomic mass is 9.92. The van der Waals surface area contributed by atoms with E-state index in [0.717, 1.165) is 15.3 Å². The molecule has 1 atom stereocenters. The van der Waals surface area contributed by atoms with Crippen molar-refractivity contribution in [2.75, 3.05) is 32.7 Å². The molecule has 0 bridgehead atoms. The van der Waals surface area contributed by atoms with E-state index in [4.69, 9.17) is 0 Å². The fourth-order valence-corrected chi connectivity index (χ4v) is 5.51. The summed E-state index contributed by atoms with van der Waals surface area (Å²) in [5.74, 6) is -2.54. The number of halogens is 2. The Kier molecular flexibility index (Phi) is 6.13. The molecule has 2 aliphatic rings. The first-order valence-corrected chi connectivity index (χ1v) is 11.9. The predicted molar refractivity (Wildman–Crippen MR) is 116 cm³/mol. The van der Waals surface area contributed by atoms with Gasteiger partial charge in [0.1, 0.15) is 28.6 Å². The summed E-state index contributed by atoms with van der Waals surface area (Å²) in [6.07, 6.45) is 0. The lowest BCUT2D eigenvalue weighted by Gasteiger charge is -2.34. The van der Waals surface area contributed by atoms with Crippen LogP contribution < -0.4 is 5.32 Å². The van der Waals surface area contributed by atoms with E-state index in [0.29, 0.717) is 5.56 Å². The summed E-state index contributed by atoms with van der Waals surface area (Å²) >= 11 is 0. The van der Waals surface area contributed by atoms with Crippen molar-refractivity contribution in [3.05, 3.63) is 65.7 Å². The molecule has 0 aliphatic carbocycles. The molecule has 2 heterocycles. The summed E-state index contributed by atoms with van der Waals surface area (Å²) < 4.78 is 53.8. The van der Waals surface area contributed by atoms with Crippen molar-refractivity contribution in [3.63, 3.8) is 0 Å². The van der Waals surface area contributed by atoms with Crippen molar-refractivity contribution in [1.82, 2.24) is 19.4 Å². The Morgan fingerprint density at radius 1 is 1.00 bits per heavy atom. The topological polar surface area (TPSA) is 107 Å². The van der Waals surface area contributed by atoms with Gasteiger partial charge in [0, 0.05) is 26.2 Å². The number of hydrogen-bond donors (Lipinski definition) is 1. The fraction of sp³-hybridized carbons (Fsp3) is 0.318. The highest BCUT2D eigenvalue weighted by Gasteiger charge is 2.49. The first-order chi connectivity index (χ1) is 16.0.